The van der Waals surface area contributed by atoms with Crippen molar-refractivity contribution in [3.8, 4) is 10.7 Å². The van der Waals surface area contributed by atoms with E-state index in [0.29, 0.717) is 16.6 Å². The van der Waals surface area contributed by atoms with Gasteiger partial charge in [0.25, 0.3) is 0 Å². The van der Waals surface area contributed by atoms with Crippen LogP contribution in [0.3, 0.4) is 0 Å². The molecule has 0 amide bonds. The van der Waals surface area contributed by atoms with E-state index in [1.807, 2.05) is 41.8 Å². The molecule has 3 heterocycles. The number of furan rings is 1. The Morgan fingerprint density at radius 2 is 1.95 bits per heavy atom. The fourth-order valence-electron chi connectivity index (χ4n) is 2.07. The molecular weight excluding hydrogens is 280 g/mol. The quantitative estimate of drug-likeness (QED) is 0.474. The summed E-state index contributed by atoms with van der Waals surface area (Å²) in [6.45, 7) is 0. The van der Waals surface area contributed by atoms with Crippen molar-refractivity contribution in [1.29, 1.82) is 0 Å². The SMILES string of the molecule is Clc1nc(-c2cccs2)nc2c1oc1ccccc12. The maximum atomic E-state index is 6.21. The molecule has 92 valence electrons. The fraction of sp³-hybridized carbons (Fsp3) is 0. The van der Waals surface area contributed by atoms with Crippen molar-refractivity contribution in [3.63, 3.8) is 0 Å². The van der Waals surface area contributed by atoms with Crippen LogP contribution >= 0.6 is 22.9 Å². The van der Waals surface area contributed by atoms with Crippen molar-refractivity contribution in [1.82, 2.24) is 9.97 Å². The number of rotatable bonds is 1. The molecule has 4 aromatic rings. The highest BCUT2D eigenvalue weighted by atomic mass is 35.5. The third-order valence-electron chi connectivity index (χ3n) is 2.92. The molecule has 0 radical (unpaired) electrons. The Bertz CT molecular complexity index is 883. The number of aromatic nitrogens is 2. The molecule has 1 aromatic carbocycles. The predicted molar refractivity (Wildman–Crippen MR) is 77.6 cm³/mol. The van der Waals surface area contributed by atoms with E-state index in [9.17, 15) is 0 Å². The second-order valence-electron chi connectivity index (χ2n) is 4.09. The van der Waals surface area contributed by atoms with E-state index in [1.165, 1.54) is 0 Å². The monoisotopic (exact) mass is 286 g/mol. The molecule has 19 heavy (non-hydrogen) atoms. The minimum Gasteiger partial charge on any atom is -0.451 e. The second-order valence-corrected chi connectivity index (χ2v) is 5.40. The molecule has 0 fully saturated rings. The summed E-state index contributed by atoms with van der Waals surface area (Å²) in [5.41, 5.74) is 2.08. The van der Waals surface area contributed by atoms with Gasteiger partial charge >= 0.3 is 0 Å². The van der Waals surface area contributed by atoms with Gasteiger partial charge in [0.05, 0.1) is 4.88 Å². The molecular formula is C14H7ClN2OS. The van der Waals surface area contributed by atoms with Crippen molar-refractivity contribution in [2.45, 2.75) is 0 Å². The van der Waals surface area contributed by atoms with Crippen LogP contribution in [0.4, 0.5) is 0 Å². The van der Waals surface area contributed by atoms with Crippen LogP contribution in [0.5, 0.6) is 0 Å². The Hall–Kier alpha value is -1.91. The van der Waals surface area contributed by atoms with E-state index in [2.05, 4.69) is 9.97 Å². The molecule has 3 aromatic heterocycles. The largest absolute Gasteiger partial charge is 0.451 e. The summed E-state index contributed by atoms with van der Waals surface area (Å²) in [4.78, 5) is 9.89. The highest BCUT2D eigenvalue weighted by Crippen LogP contribution is 2.33. The van der Waals surface area contributed by atoms with Gasteiger partial charge in [-0.05, 0) is 23.6 Å². The predicted octanol–water partition coefficient (Wildman–Crippen LogP) is 4.76. The smallest absolute Gasteiger partial charge is 0.191 e. The van der Waals surface area contributed by atoms with Gasteiger partial charge in [-0.2, -0.15) is 0 Å². The van der Waals surface area contributed by atoms with Gasteiger partial charge in [0.2, 0.25) is 0 Å². The van der Waals surface area contributed by atoms with Gasteiger partial charge in [0.15, 0.2) is 16.6 Å². The van der Waals surface area contributed by atoms with Gasteiger partial charge < -0.3 is 4.42 Å². The molecule has 3 nitrogen and oxygen atoms in total. The molecule has 5 heteroatoms. The van der Waals surface area contributed by atoms with Gasteiger partial charge in [0.1, 0.15) is 11.1 Å². The van der Waals surface area contributed by atoms with Crippen LogP contribution in [0.2, 0.25) is 5.15 Å². The van der Waals surface area contributed by atoms with Crippen LogP contribution in [0.25, 0.3) is 32.8 Å². The number of halogens is 1. The van der Waals surface area contributed by atoms with Crippen molar-refractivity contribution in [2.75, 3.05) is 0 Å². The van der Waals surface area contributed by atoms with Crippen LogP contribution in [-0.2, 0) is 0 Å². The van der Waals surface area contributed by atoms with Crippen LogP contribution in [-0.4, -0.2) is 9.97 Å². The van der Waals surface area contributed by atoms with Crippen molar-refractivity contribution in [2.24, 2.45) is 0 Å². The van der Waals surface area contributed by atoms with Crippen molar-refractivity contribution >= 4 is 45.0 Å². The summed E-state index contributed by atoms with van der Waals surface area (Å²) in [6, 6.07) is 11.7. The first-order valence-corrected chi connectivity index (χ1v) is 6.97. The van der Waals surface area contributed by atoms with Gasteiger partial charge in [-0.15, -0.1) is 11.3 Å². The lowest BCUT2D eigenvalue weighted by Crippen LogP contribution is -1.87. The summed E-state index contributed by atoms with van der Waals surface area (Å²) < 4.78 is 5.70. The summed E-state index contributed by atoms with van der Waals surface area (Å²) in [6.07, 6.45) is 0. The lowest BCUT2D eigenvalue weighted by atomic mass is 10.2. The minimum atomic E-state index is 0.351. The second kappa shape index (κ2) is 4.05. The Morgan fingerprint density at radius 1 is 1.05 bits per heavy atom. The zero-order chi connectivity index (χ0) is 12.8. The van der Waals surface area contributed by atoms with E-state index in [4.69, 9.17) is 16.0 Å². The normalized spacial score (nSPS) is 11.4. The standard InChI is InChI=1S/C14H7ClN2OS/c15-13-12-11(8-4-1-2-5-9(8)18-12)16-14(17-13)10-6-3-7-19-10/h1-7H. The van der Waals surface area contributed by atoms with Gasteiger partial charge in [-0.25, -0.2) is 9.97 Å². The first-order valence-electron chi connectivity index (χ1n) is 5.71. The molecule has 0 saturated heterocycles. The molecule has 0 N–H and O–H groups in total. The minimum absolute atomic E-state index is 0.351. The number of hydrogen-bond donors (Lipinski definition) is 0. The zero-order valence-electron chi connectivity index (χ0n) is 9.63. The fourth-order valence-corrected chi connectivity index (χ4v) is 2.94. The van der Waals surface area contributed by atoms with Gasteiger partial charge in [-0.1, -0.05) is 29.8 Å². The van der Waals surface area contributed by atoms with E-state index in [-0.39, 0.29) is 0 Å². The third kappa shape index (κ3) is 1.64. The van der Waals surface area contributed by atoms with Gasteiger partial charge in [-0.3, -0.25) is 0 Å². The highest BCUT2D eigenvalue weighted by Gasteiger charge is 2.15. The lowest BCUT2D eigenvalue weighted by Gasteiger charge is -1.97. The molecule has 0 atom stereocenters. The van der Waals surface area contributed by atoms with Crippen LogP contribution in [0.1, 0.15) is 0 Å². The number of hydrogen-bond acceptors (Lipinski definition) is 4. The lowest BCUT2D eigenvalue weighted by molar-refractivity contribution is 0.666. The maximum Gasteiger partial charge on any atom is 0.191 e. The summed E-state index contributed by atoms with van der Waals surface area (Å²) in [5.74, 6) is 0.638. The first-order chi connectivity index (χ1) is 9.33. The summed E-state index contributed by atoms with van der Waals surface area (Å²) in [7, 11) is 0. The number of fused-ring (bicyclic) bond motifs is 3. The van der Waals surface area contributed by atoms with Crippen molar-refractivity contribution in [3.05, 3.63) is 46.9 Å². The Morgan fingerprint density at radius 3 is 2.79 bits per heavy atom. The maximum absolute atomic E-state index is 6.21. The van der Waals surface area contributed by atoms with E-state index in [1.54, 1.807) is 11.3 Å². The molecule has 0 saturated carbocycles. The van der Waals surface area contributed by atoms with E-state index in [0.717, 1.165) is 21.4 Å². The van der Waals surface area contributed by atoms with Gasteiger partial charge in [0, 0.05) is 5.39 Å². The number of nitrogens with zero attached hydrogens (tertiary/aromatic N) is 2. The average Bonchev–Trinajstić information content (AvgIpc) is 3.06. The van der Waals surface area contributed by atoms with E-state index < -0.39 is 0 Å². The molecule has 0 bridgehead atoms. The summed E-state index contributed by atoms with van der Waals surface area (Å²) in [5, 5.41) is 3.30. The third-order valence-corrected chi connectivity index (χ3v) is 4.04. The van der Waals surface area contributed by atoms with Crippen LogP contribution < -0.4 is 0 Å². The average molecular weight is 287 g/mol. The topological polar surface area (TPSA) is 38.9 Å². The molecule has 4 rings (SSSR count). The van der Waals surface area contributed by atoms with Crippen molar-refractivity contribution < 1.29 is 4.42 Å². The summed E-state index contributed by atoms with van der Waals surface area (Å²) >= 11 is 7.80. The Balaban J connectivity index is 2.12. The number of benzene rings is 1. The Labute approximate surface area is 117 Å². The zero-order valence-corrected chi connectivity index (χ0v) is 11.2. The number of para-hydroxylation sites is 1. The first kappa shape index (κ1) is 11.0. The van der Waals surface area contributed by atoms with E-state index >= 15 is 0 Å². The molecule has 0 unspecified atom stereocenters. The number of thiophene rings is 1. The van der Waals surface area contributed by atoms with Crippen LogP contribution in [0, 0.1) is 0 Å². The molecule has 0 aliphatic heterocycles. The van der Waals surface area contributed by atoms with Crippen LogP contribution in [0.15, 0.2) is 46.2 Å². The molecule has 0 spiro atoms. The molecule has 0 aliphatic rings. The molecule has 0 aliphatic carbocycles. The highest BCUT2D eigenvalue weighted by molar-refractivity contribution is 7.13. The Kier molecular flexibility index (Phi) is 2.33.